The zero-order chi connectivity index (χ0) is 9.42. The predicted molar refractivity (Wildman–Crippen MR) is 65.0 cm³/mol. The van der Waals surface area contributed by atoms with E-state index < -0.39 is 0 Å². The average Bonchev–Trinajstić information content (AvgIpc) is 2.48. The van der Waals surface area contributed by atoms with Gasteiger partial charge in [-0.05, 0) is 27.6 Å². The van der Waals surface area contributed by atoms with E-state index in [1.54, 1.807) is 11.3 Å². The number of thiophene rings is 1. The first-order valence-electron chi connectivity index (χ1n) is 3.50. The molecule has 0 bridgehead atoms. The van der Waals surface area contributed by atoms with Crippen molar-refractivity contribution in [3.63, 3.8) is 0 Å². The summed E-state index contributed by atoms with van der Waals surface area (Å²) >= 11 is 14.5. The minimum atomic E-state index is 0.571. The van der Waals surface area contributed by atoms with E-state index in [2.05, 4.69) is 36.8 Å². The molecular formula is C8H4Br2ClNS. The number of nitrogens with zero attached hydrogens (tertiary/aromatic N) is 1. The molecule has 0 radical (unpaired) electrons. The largest absolute Gasteiger partial charge is 0.244 e. The molecule has 68 valence electrons. The molecule has 0 spiro atoms. The van der Waals surface area contributed by atoms with Gasteiger partial charge in [0.1, 0.15) is 5.15 Å². The Labute approximate surface area is 101 Å². The van der Waals surface area contributed by atoms with E-state index >= 15 is 0 Å². The van der Waals surface area contributed by atoms with Crippen molar-refractivity contribution in [2.45, 2.75) is 5.33 Å². The van der Waals surface area contributed by atoms with Crippen LogP contribution in [0.25, 0.3) is 10.1 Å². The molecule has 0 aliphatic heterocycles. The van der Waals surface area contributed by atoms with Gasteiger partial charge in [-0.3, -0.25) is 0 Å². The highest BCUT2D eigenvalue weighted by Gasteiger charge is 2.08. The molecular weight excluding hydrogens is 337 g/mol. The fourth-order valence-electron chi connectivity index (χ4n) is 1.11. The number of rotatable bonds is 1. The second-order valence-corrected chi connectivity index (χ2v) is 5.85. The molecule has 0 unspecified atom stereocenters. The van der Waals surface area contributed by atoms with Gasteiger partial charge in [0.25, 0.3) is 0 Å². The molecule has 0 fully saturated rings. The second kappa shape index (κ2) is 3.85. The maximum atomic E-state index is 5.96. The van der Waals surface area contributed by atoms with Gasteiger partial charge in [-0.1, -0.05) is 27.5 Å². The van der Waals surface area contributed by atoms with Gasteiger partial charge in [0.2, 0.25) is 0 Å². The van der Waals surface area contributed by atoms with Crippen LogP contribution < -0.4 is 0 Å². The van der Waals surface area contributed by atoms with Crippen molar-refractivity contribution in [2.75, 3.05) is 0 Å². The number of hydrogen-bond acceptors (Lipinski definition) is 2. The zero-order valence-corrected chi connectivity index (χ0v) is 11.1. The van der Waals surface area contributed by atoms with E-state index in [-0.39, 0.29) is 0 Å². The lowest BCUT2D eigenvalue weighted by molar-refractivity contribution is 1.31. The Morgan fingerprint density at radius 3 is 3.00 bits per heavy atom. The third kappa shape index (κ3) is 1.77. The predicted octanol–water partition coefficient (Wildman–Crippen LogP) is 4.61. The normalized spacial score (nSPS) is 11.0. The topological polar surface area (TPSA) is 12.9 Å². The Bertz CT molecular complexity index is 455. The molecule has 2 rings (SSSR count). The molecule has 0 saturated heterocycles. The molecule has 0 N–H and O–H groups in total. The van der Waals surface area contributed by atoms with Crippen molar-refractivity contribution >= 4 is 64.9 Å². The summed E-state index contributed by atoms with van der Waals surface area (Å²) in [5, 5.41) is 2.40. The lowest BCUT2D eigenvalue weighted by atomic mass is 10.2. The Balaban J connectivity index is 2.83. The van der Waals surface area contributed by atoms with Crippen LogP contribution in [0.2, 0.25) is 5.15 Å². The van der Waals surface area contributed by atoms with E-state index in [0.29, 0.717) is 5.15 Å². The van der Waals surface area contributed by atoms with Crippen LogP contribution in [0, 0.1) is 0 Å². The van der Waals surface area contributed by atoms with E-state index in [1.807, 2.05) is 12.3 Å². The lowest BCUT2D eigenvalue weighted by Gasteiger charge is -1.97. The van der Waals surface area contributed by atoms with E-state index in [9.17, 15) is 0 Å². The first kappa shape index (κ1) is 9.90. The molecule has 0 aliphatic carbocycles. The van der Waals surface area contributed by atoms with Gasteiger partial charge in [-0.2, -0.15) is 0 Å². The molecule has 0 aliphatic rings. The van der Waals surface area contributed by atoms with Gasteiger partial charge in [0, 0.05) is 21.6 Å². The van der Waals surface area contributed by atoms with Gasteiger partial charge in [-0.25, -0.2) is 4.98 Å². The number of pyridine rings is 1. The summed E-state index contributed by atoms with van der Waals surface area (Å²) in [6.07, 6.45) is 1.81. The number of alkyl halides is 1. The molecule has 2 heterocycles. The monoisotopic (exact) mass is 339 g/mol. The van der Waals surface area contributed by atoms with E-state index in [1.165, 1.54) is 10.3 Å². The third-order valence-electron chi connectivity index (χ3n) is 1.69. The van der Waals surface area contributed by atoms with Gasteiger partial charge in [-0.15, -0.1) is 11.3 Å². The Kier molecular flexibility index (Phi) is 2.93. The molecule has 0 saturated carbocycles. The standard InChI is InChI=1S/C8H4Br2ClNS/c9-2-4-3-12-8(11)5-1-6(10)13-7(4)5/h1,3H,2H2. The van der Waals surface area contributed by atoms with Crippen molar-refractivity contribution in [3.05, 3.63) is 26.8 Å². The number of fused-ring (bicyclic) bond motifs is 1. The highest BCUT2D eigenvalue weighted by Crippen LogP contribution is 2.35. The van der Waals surface area contributed by atoms with Crippen molar-refractivity contribution in [1.82, 2.24) is 4.98 Å². The maximum Gasteiger partial charge on any atom is 0.137 e. The van der Waals surface area contributed by atoms with Crippen LogP contribution in [0.3, 0.4) is 0 Å². The molecule has 13 heavy (non-hydrogen) atoms. The van der Waals surface area contributed by atoms with Gasteiger partial charge < -0.3 is 0 Å². The van der Waals surface area contributed by atoms with Crippen LogP contribution in [-0.2, 0) is 5.33 Å². The summed E-state index contributed by atoms with van der Waals surface area (Å²) in [7, 11) is 0. The maximum absolute atomic E-state index is 5.96. The molecule has 0 aromatic carbocycles. The minimum Gasteiger partial charge on any atom is -0.244 e. The van der Waals surface area contributed by atoms with Crippen LogP contribution in [0.1, 0.15) is 5.56 Å². The molecule has 2 aromatic rings. The van der Waals surface area contributed by atoms with Crippen molar-refractivity contribution in [1.29, 1.82) is 0 Å². The summed E-state index contributed by atoms with van der Waals surface area (Å²) in [4.78, 5) is 4.11. The molecule has 0 amide bonds. The smallest absolute Gasteiger partial charge is 0.137 e. The number of aromatic nitrogens is 1. The number of hydrogen-bond donors (Lipinski definition) is 0. The van der Waals surface area contributed by atoms with Crippen LogP contribution in [0.5, 0.6) is 0 Å². The minimum absolute atomic E-state index is 0.571. The first-order chi connectivity index (χ1) is 6.22. The third-order valence-corrected chi connectivity index (χ3v) is 4.31. The summed E-state index contributed by atoms with van der Waals surface area (Å²) in [5.41, 5.74) is 1.18. The fraction of sp³-hybridized carbons (Fsp3) is 0.125. The quantitative estimate of drug-likeness (QED) is 0.545. The van der Waals surface area contributed by atoms with Crippen molar-refractivity contribution in [2.24, 2.45) is 0 Å². The first-order valence-corrected chi connectivity index (χ1v) is 6.61. The molecule has 0 atom stereocenters. The van der Waals surface area contributed by atoms with Gasteiger partial charge in [0.15, 0.2) is 0 Å². The molecule has 5 heteroatoms. The number of halogens is 3. The summed E-state index contributed by atoms with van der Waals surface area (Å²) in [6, 6.07) is 2.00. The second-order valence-electron chi connectivity index (χ2n) is 2.50. The summed E-state index contributed by atoms with van der Waals surface area (Å²) < 4.78 is 2.28. The highest BCUT2D eigenvalue weighted by molar-refractivity contribution is 9.11. The van der Waals surface area contributed by atoms with Crippen LogP contribution in [0.15, 0.2) is 16.0 Å². The molecule has 1 nitrogen and oxygen atoms in total. The Morgan fingerprint density at radius 2 is 2.31 bits per heavy atom. The van der Waals surface area contributed by atoms with Crippen LogP contribution in [0.4, 0.5) is 0 Å². The van der Waals surface area contributed by atoms with Gasteiger partial charge in [0.05, 0.1) is 3.79 Å². The summed E-state index contributed by atoms with van der Waals surface area (Å²) in [6.45, 7) is 0. The van der Waals surface area contributed by atoms with Crippen molar-refractivity contribution < 1.29 is 0 Å². The van der Waals surface area contributed by atoms with Gasteiger partial charge >= 0.3 is 0 Å². The average molecular weight is 341 g/mol. The lowest BCUT2D eigenvalue weighted by Crippen LogP contribution is -1.81. The van der Waals surface area contributed by atoms with Crippen LogP contribution in [-0.4, -0.2) is 4.98 Å². The van der Waals surface area contributed by atoms with Crippen LogP contribution >= 0.6 is 54.8 Å². The Morgan fingerprint density at radius 1 is 1.54 bits per heavy atom. The van der Waals surface area contributed by atoms with E-state index in [0.717, 1.165) is 14.5 Å². The zero-order valence-electron chi connectivity index (χ0n) is 6.35. The highest BCUT2D eigenvalue weighted by atomic mass is 79.9. The van der Waals surface area contributed by atoms with E-state index in [4.69, 9.17) is 11.6 Å². The summed E-state index contributed by atoms with van der Waals surface area (Å²) in [5.74, 6) is 0. The molecule has 2 aromatic heterocycles. The Hall–Kier alpha value is 0.360. The van der Waals surface area contributed by atoms with Crippen molar-refractivity contribution in [3.8, 4) is 0 Å². The fourth-order valence-corrected chi connectivity index (χ4v) is 3.58. The SMILES string of the molecule is Clc1ncc(CBr)c2sc(Br)cc12.